The fraction of sp³-hybridized carbons (Fsp3) is 0.267. The summed E-state index contributed by atoms with van der Waals surface area (Å²) in [5.74, 6) is -1.45. The number of carbonyl (C=O) groups is 2. The van der Waals surface area contributed by atoms with E-state index in [1.165, 1.54) is 11.8 Å². The van der Waals surface area contributed by atoms with Gasteiger partial charge in [-0.05, 0) is 26.0 Å². The zero-order chi connectivity index (χ0) is 16.3. The van der Waals surface area contributed by atoms with Crippen LogP contribution in [0.15, 0.2) is 30.5 Å². The van der Waals surface area contributed by atoms with Crippen molar-refractivity contribution < 1.29 is 24.2 Å². The number of hydrogen-bond acceptors (Lipinski definition) is 5. The Morgan fingerprint density at radius 3 is 2.41 bits per heavy atom. The van der Waals surface area contributed by atoms with Gasteiger partial charge in [-0.25, -0.2) is 9.59 Å². The largest absolute Gasteiger partial charge is 0.493 e. The summed E-state index contributed by atoms with van der Waals surface area (Å²) in [6.45, 7) is 3.58. The summed E-state index contributed by atoms with van der Waals surface area (Å²) in [6, 6.07) is 6.43. The van der Waals surface area contributed by atoms with E-state index in [1.807, 2.05) is 0 Å². The molecule has 0 spiro atoms. The van der Waals surface area contributed by atoms with E-state index in [4.69, 9.17) is 9.47 Å². The summed E-state index contributed by atoms with van der Waals surface area (Å²) in [5.41, 5.74) is -0.304. The molecule has 7 nitrogen and oxygen atoms in total. The summed E-state index contributed by atoms with van der Waals surface area (Å²) in [4.78, 5) is 23.6. The number of carboxylic acid groups (broad SMARTS) is 1. The van der Waals surface area contributed by atoms with Crippen LogP contribution in [0.2, 0.25) is 0 Å². The molecule has 0 saturated heterocycles. The second-order valence-electron chi connectivity index (χ2n) is 4.79. The van der Waals surface area contributed by atoms with E-state index in [9.17, 15) is 14.7 Å². The quantitative estimate of drug-likeness (QED) is 0.673. The molecule has 2 aromatic rings. The normalized spacial score (nSPS) is 10.5. The highest BCUT2D eigenvalue weighted by molar-refractivity contribution is 6.01. The Labute approximate surface area is 127 Å². The van der Waals surface area contributed by atoms with E-state index >= 15 is 0 Å². The van der Waals surface area contributed by atoms with Crippen LogP contribution in [0.3, 0.4) is 0 Å². The minimum absolute atomic E-state index is 0.103. The minimum Gasteiger partial charge on any atom is -0.493 e. The highest BCUT2D eigenvalue weighted by atomic mass is 16.6. The molecule has 0 aliphatic heterocycles. The summed E-state index contributed by atoms with van der Waals surface area (Å²) in [5, 5.41) is 13.1. The van der Waals surface area contributed by atoms with Crippen LogP contribution in [-0.2, 0) is 0 Å². The van der Waals surface area contributed by atoms with Gasteiger partial charge in [0.15, 0.2) is 17.2 Å². The van der Waals surface area contributed by atoms with E-state index in [2.05, 4.69) is 5.10 Å². The molecule has 2 rings (SSSR count). The van der Waals surface area contributed by atoms with Gasteiger partial charge in [0, 0.05) is 6.04 Å². The van der Waals surface area contributed by atoms with Gasteiger partial charge in [-0.3, -0.25) is 4.68 Å². The van der Waals surface area contributed by atoms with E-state index in [1.54, 1.807) is 38.1 Å². The standard InChI is InChI=1S/C15H16N2O5/c1-9(2)17-13(10(8-16-17)14(18)19)15(20)22-12-7-5-4-6-11(12)21-3/h4-9H,1-3H3,(H,18,19). The van der Waals surface area contributed by atoms with Crippen molar-refractivity contribution in [2.75, 3.05) is 7.11 Å². The van der Waals surface area contributed by atoms with E-state index in [0.29, 0.717) is 5.75 Å². The summed E-state index contributed by atoms with van der Waals surface area (Å²) >= 11 is 0. The SMILES string of the molecule is COc1ccccc1OC(=O)c1c(C(=O)O)cnn1C(C)C. The van der Waals surface area contributed by atoms with Crippen molar-refractivity contribution in [3.05, 3.63) is 41.7 Å². The number of hydrogen-bond donors (Lipinski definition) is 1. The van der Waals surface area contributed by atoms with Gasteiger partial charge in [0.05, 0.1) is 13.3 Å². The van der Waals surface area contributed by atoms with Gasteiger partial charge in [0.25, 0.3) is 0 Å². The molecule has 22 heavy (non-hydrogen) atoms. The number of benzene rings is 1. The molecule has 116 valence electrons. The van der Waals surface area contributed by atoms with E-state index in [-0.39, 0.29) is 23.0 Å². The van der Waals surface area contributed by atoms with E-state index in [0.717, 1.165) is 6.20 Å². The molecule has 0 amide bonds. The summed E-state index contributed by atoms with van der Waals surface area (Å²) in [6.07, 6.45) is 1.14. The molecule has 0 bridgehead atoms. The number of methoxy groups -OCH3 is 1. The molecule has 0 saturated carbocycles. The van der Waals surface area contributed by atoms with Crippen LogP contribution in [0, 0.1) is 0 Å². The summed E-state index contributed by atoms with van der Waals surface area (Å²) in [7, 11) is 1.45. The smallest absolute Gasteiger partial charge is 0.363 e. The van der Waals surface area contributed by atoms with Gasteiger partial charge < -0.3 is 14.6 Å². The molecule has 0 radical (unpaired) electrons. The number of nitrogens with zero attached hydrogens (tertiary/aromatic N) is 2. The molecular weight excluding hydrogens is 288 g/mol. The van der Waals surface area contributed by atoms with Gasteiger partial charge >= 0.3 is 11.9 Å². The van der Waals surface area contributed by atoms with E-state index < -0.39 is 11.9 Å². The Morgan fingerprint density at radius 2 is 1.86 bits per heavy atom. The number of ether oxygens (including phenoxy) is 2. The average molecular weight is 304 g/mol. The summed E-state index contributed by atoms with van der Waals surface area (Å²) < 4.78 is 11.7. The van der Waals surface area contributed by atoms with Crippen molar-refractivity contribution in [2.24, 2.45) is 0 Å². The first-order valence-corrected chi connectivity index (χ1v) is 6.61. The third-order valence-corrected chi connectivity index (χ3v) is 2.98. The van der Waals surface area contributed by atoms with Crippen LogP contribution >= 0.6 is 0 Å². The Balaban J connectivity index is 2.41. The van der Waals surface area contributed by atoms with Crippen molar-refractivity contribution in [1.29, 1.82) is 0 Å². The maximum absolute atomic E-state index is 12.4. The molecule has 7 heteroatoms. The van der Waals surface area contributed by atoms with Gasteiger partial charge in [-0.15, -0.1) is 0 Å². The molecule has 1 aromatic carbocycles. The molecule has 1 N–H and O–H groups in total. The Bertz CT molecular complexity index is 706. The zero-order valence-corrected chi connectivity index (χ0v) is 12.4. The lowest BCUT2D eigenvalue weighted by atomic mass is 10.2. The monoisotopic (exact) mass is 304 g/mol. The lowest BCUT2D eigenvalue weighted by Gasteiger charge is -2.12. The molecule has 0 unspecified atom stereocenters. The predicted octanol–water partition coefficient (Wildman–Crippen LogP) is 2.39. The van der Waals surface area contributed by atoms with Crippen LogP contribution in [0.5, 0.6) is 11.5 Å². The highest BCUT2D eigenvalue weighted by Gasteiger charge is 2.26. The zero-order valence-electron chi connectivity index (χ0n) is 12.4. The number of rotatable bonds is 5. The average Bonchev–Trinajstić information content (AvgIpc) is 2.93. The third-order valence-electron chi connectivity index (χ3n) is 2.98. The molecule has 0 aliphatic rings. The second-order valence-corrected chi connectivity index (χ2v) is 4.79. The number of carboxylic acids is 1. The number of aromatic carboxylic acids is 1. The van der Waals surface area contributed by atoms with Crippen LogP contribution in [0.1, 0.15) is 40.7 Å². The maximum Gasteiger partial charge on any atom is 0.363 e. The van der Waals surface area contributed by atoms with Crippen molar-refractivity contribution in [3.8, 4) is 11.5 Å². The Morgan fingerprint density at radius 1 is 1.23 bits per heavy atom. The maximum atomic E-state index is 12.4. The van der Waals surface area contributed by atoms with Crippen LogP contribution in [0.4, 0.5) is 0 Å². The van der Waals surface area contributed by atoms with Gasteiger partial charge in [-0.2, -0.15) is 5.10 Å². The number of aromatic nitrogens is 2. The fourth-order valence-corrected chi connectivity index (χ4v) is 1.97. The van der Waals surface area contributed by atoms with Crippen molar-refractivity contribution in [1.82, 2.24) is 9.78 Å². The Kier molecular flexibility index (Phi) is 4.45. The molecule has 1 aromatic heterocycles. The molecule has 0 fully saturated rings. The van der Waals surface area contributed by atoms with Crippen LogP contribution < -0.4 is 9.47 Å². The van der Waals surface area contributed by atoms with Crippen molar-refractivity contribution in [3.63, 3.8) is 0 Å². The van der Waals surface area contributed by atoms with Crippen molar-refractivity contribution in [2.45, 2.75) is 19.9 Å². The van der Waals surface area contributed by atoms with Crippen LogP contribution in [0.25, 0.3) is 0 Å². The lowest BCUT2D eigenvalue weighted by molar-refractivity contribution is 0.0659. The highest BCUT2D eigenvalue weighted by Crippen LogP contribution is 2.27. The topological polar surface area (TPSA) is 90.7 Å². The molecule has 0 atom stereocenters. The van der Waals surface area contributed by atoms with Crippen molar-refractivity contribution >= 4 is 11.9 Å². The Hall–Kier alpha value is -2.83. The number of para-hydroxylation sites is 2. The number of carbonyl (C=O) groups excluding carboxylic acids is 1. The van der Waals surface area contributed by atoms with Gasteiger partial charge in [0.2, 0.25) is 0 Å². The lowest BCUT2D eigenvalue weighted by Crippen LogP contribution is -2.20. The third kappa shape index (κ3) is 2.93. The second kappa shape index (κ2) is 6.30. The first-order valence-electron chi connectivity index (χ1n) is 6.61. The first kappa shape index (κ1) is 15.6. The van der Waals surface area contributed by atoms with Gasteiger partial charge in [-0.1, -0.05) is 12.1 Å². The molecular formula is C15H16N2O5. The predicted molar refractivity (Wildman–Crippen MR) is 77.5 cm³/mol. The minimum atomic E-state index is -1.24. The molecule has 0 aliphatic carbocycles. The van der Waals surface area contributed by atoms with Crippen LogP contribution in [-0.4, -0.2) is 33.9 Å². The number of esters is 1. The molecule has 1 heterocycles. The van der Waals surface area contributed by atoms with Gasteiger partial charge in [0.1, 0.15) is 5.56 Å². The fourth-order valence-electron chi connectivity index (χ4n) is 1.97. The first-order chi connectivity index (χ1) is 10.5.